The molecule has 0 aliphatic rings. The third-order valence-corrected chi connectivity index (χ3v) is 6.51. The zero-order valence-corrected chi connectivity index (χ0v) is 17.4. The highest BCUT2D eigenvalue weighted by Crippen LogP contribution is 2.32. The number of carbonyl (C=O) groups is 1. The van der Waals surface area contributed by atoms with E-state index in [-0.39, 0.29) is 11.9 Å². The molecule has 27 heavy (non-hydrogen) atoms. The van der Waals surface area contributed by atoms with E-state index in [2.05, 4.69) is 46.6 Å². The Morgan fingerprint density at radius 1 is 1.22 bits per heavy atom. The summed E-state index contributed by atoms with van der Waals surface area (Å²) >= 11 is 3.47. The Hall–Kier alpha value is -2.12. The van der Waals surface area contributed by atoms with Crippen LogP contribution in [-0.4, -0.2) is 34.2 Å². The highest BCUT2D eigenvalue weighted by Gasteiger charge is 2.17. The minimum Gasteiger partial charge on any atom is -0.358 e. The number of nitrogens with zero attached hydrogens (tertiary/aromatic N) is 2. The van der Waals surface area contributed by atoms with E-state index in [0.29, 0.717) is 6.54 Å². The van der Waals surface area contributed by atoms with Crippen molar-refractivity contribution in [3.8, 4) is 0 Å². The standard InChI is InChI=1S/C20H24N4OS2/c1-13-15(3)27-20-17(13)18(22-12-23-20)24-14(2)19(25)21-9-10-26-11-16-7-5-4-6-8-16/h4-8,12,14H,9-11H2,1-3H3,(H,21,25)(H,22,23,24)/t14-/m0/s1. The van der Waals surface area contributed by atoms with Gasteiger partial charge in [0.25, 0.3) is 0 Å². The van der Waals surface area contributed by atoms with Crippen molar-refractivity contribution in [2.75, 3.05) is 17.6 Å². The number of nitrogens with one attached hydrogen (secondary N) is 2. The average Bonchev–Trinajstić information content (AvgIpc) is 2.97. The summed E-state index contributed by atoms with van der Waals surface area (Å²) in [4.78, 5) is 23.2. The molecule has 7 heteroatoms. The molecular formula is C20H24N4OS2. The van der Waals surface area contributed by atoms with Gasteiger partial charge in [0.2, 0.25) is 5.91 Å². The molecule has 0 bridgehead atoms. The Balaban J connectivity index is 1.48. The van der Waals surface area contributed by atoms with Gasteiger partial charge in [-0.2, -0.15) is 11.8 Å². The van der Waals surface area contributed by atoms with Crippen LogP contribution in [0.1, 0.15) is 22.9 Å². The summed E-state index contributed by atoms with van der Waals surface area (Å²) in [7, 11) is 0. The number of benzene rings is 1. The molecule has 0 saturated heterocycles. The van der Waals surface area contributed by atoms with Crippen molar-refractivity contribution >= 4 is 45.0 Å². The number of anilines is 1. The summed E-state index contributed by atoms with van der Waals surface area (Å²) in [6.07, 6.45) is 1.55. The topological polar surface area (TPSA) is 66.9 Å². The van der Waals surface area contributed by atoms with Crippen molar-refractivity contribution < 1.29 is 4.79 Å². The van der Waals surface area contributed by atoms with E-state index in [1.165, 1.54) is 16.0 Å². The van der Waals surface area contributed by atoms with Gasteiger partial charge < -0.3 is 10.6 Å². The number of rotatable bonds is 8. The quantitative estimate of drug-likeness (QED) is 0.556. The normalized spacial score (nSPS) is 12.1. The molecule has 5 nitrogen and oxygen atoms in total. The first-order valence-corrected chi connectivity index (χ1v) is 10.9. The number of aromatic nitrogens is 2. The smallest absolute Gasteiger partial charge is 0.242 e. The highest BCUT2D eigenvalue weighted by atomic mass is 32.2. The van der Waals surface area contributed by atoms with Crippen LogP contribution < -0.4 is 10.6 Å². The lowest BCUT2D eigenvalue weighted by molar-refractivity contribution is -0.121. The molecule has 2 heterocycles. The highest BCUT2D eigenvalue weighted by molar-refractivity contribution is 7.98. The Morgan fingerprint density at radius 2 is 2.00 bits per heavy atom. The van der Waals surface area contributed by atoms with E-state index < -0.39 is 0 Å². The summed E-state index contributed by atoms with van der Waals surface area (Å²) in [5.41, 5.74) is 2.47. The summed E-state index contributed by atoms with van der Waals surface area (Å²) < 4.78 is 0. The van der Waals surface area contributed by atoms with Gasteiger partial charge >= 0.3 is 0 Å². The molecule has 0 spiro atoms. The lowest BCUT2D eigenvalue weighted by atomic mass is 10.2. The summed E-state index contributed by atoms with van der Waals surface area (Å²) in [5, 5.41) is 7.25. The van der Waals surface area contributed by atoms with Crippen LogP contribution in [0, 0.1) is 13.8 Å². The number of hydrogen-bond donors (Lipinski definition) is 2. The predicted octanol–water partition coefficient (Wildman–Crippen LogP) is 4.16. The van der Waals surface area contributed by atoms with E-state index in [0.717, 1.165) is 27.5 Å². The second-order valence-electron chi connectivity index (χ2n) is 6.38. The fourth-order valence-corrected chi connectivity index (χ4v) is 4.54. The molecule has 0 unspecified atom stereocenters. The number of carbonyl (C=O) groups excluding carboxylic acids is 1. The van der Waals surface area contributed by atoms with Crippen LogP contribution in [0.25, 0.3) is 10.2 Å². The summed E-state index contributed by atoms with van der Waals surface area (Å²) in [5.74, 6) is 2.54. The second kappa shape index (κ2) is 9.19. The molecule has 0 saturated carbocycles. The van der Waals surface area contributed by atoms with Crippen LogP contribution in [0.15, 0.2) is 36.7 Å². The zero-order valence-electron chi connectivity index (χ0n) is 15.8. The molecule has 0 radical (unpaired) electrons. The Morgan fingerprint density at radius 3 is 2.78 bits per heavy atom. The molecule has 3 rings (SSSR count). The number of aryl methyl sites for hydroxylation is 2. The van der Waals surface area contributed by atoms with Crippen molar-refractivity contribution in [2.45, 2.75) is 32.6 Å². The van der Waals surface area contributed by atoms with E-state index >= 15 is 0 Å². The Kier molecular flexibility index (Phi) is 6.68. The van der Waals surface area contributed by atoms with Gasteiger partial charge in [-0.05, 0) is 31.9 Å². The van der Waals surface area contributed by atoms with Crippen molar-refractivity contribution in [3.05, 3.63) is 52.7 Å². The van der Waals surface area contributed by atoms with Gasteiger partial charge in [-0.25, -0.2) is 9.97 Å². The van der Waals surface area contributed by atoms with Crippen molar-refractivity contribution in [3.63, 3.8) is 0 Å². The number of hydrogen-bond acceptors (Lipinski definition) is 6. The maximum Gasteiger partial charge on any atom is 0.242 e. The minimum absolute atomic E-state index is 0.0216. The van der Waals surface area contributed by atoms with E-state index in [1.54, 1.807) is 17.7 Å². The number of thiophene rings is 1. The molecule has 2 aromatic heterocycles. The van der Waals surface area contributed by atoms with Gasteiger partial charge in [-0.3, -0.25) is 4.79 Å². The van der Waals surface area contributed by atoms with E-state index in [1.807, 2.05) is 36.9 Å². The predicted molar refractivity (Wildman–Crippen MR) is 116 cm³/mol. The number of amides is 1. The van der Waals surface area contributed by atoms with Crippen LogP contribution in [-0.2, 0) is 10.5 Å². The third kappa shape index (κ3) is 4.99. The lowest BCUT2D eigenvalue weighted by Gasteiger charge is -2.15. The summed E-state index contributed by atoms with van der Waals surface area (Å²) in [6, 6.07) is 9.99. The molecular weight excluding hydrogens is 376 g/mol. The van der Waals surface area contributed by atoms with Gasteiger partial charge in [0.15, 0.2) is 0 Å². The molecule has 2 N–H and O–H groups in total. The first kappa shape index (κ1) is 19.6. The van der Waals surface area contributed by atoms with Crippen LogP contribution in [0.5, 0.6) is 0 Å². The van der Waals surface area contributed by atoms with Crippen LogP contribution in [0.4, 0.5) is 5.82 Å². The fourth-order valence-electron chi connectivity index (χ4n) is 2.73. The summed E-state index contributed by atoms with van der Waals surface area (Å²) in [6.45, 7) is 6.65. The lowest BCUT2D eigenvalue weighted by Crippen LogP contribution is -2.38. The molecule has 1 atom stereocenters. The van der Waals surface area contributed by atoms with Gasteiger partial charge in [0.05, 0.1) is 5.39 Å². The maximum absolute atomic E-state index is 12.4. The number of fused-ring (bicyclic) bond motifs is 1. The van der Waals surface area contributed by atoms with E-state index in [4.69, 9.17) is 0 Å². The maximum atomic E-state index is 12.4. The Bertz CT molecular complexity index is 911. The van der Waals surface area contributed by atoms with Crippen LogP contribution >= 0.6 is 23.1 Å². The monoisotopic (exact) mass is 400 g/mol. The Labute approximate surface area is 168 Å². The third-order valence-electron chi connectivity index (χ3n) is 4.37. The molecule has 1 aromatic carbocycles. The average molecular weight is 401 g/mol. The largest absolute Gasteiger partial charge is 0.358 e. The fraction of sp³-hybridized carbons (Fsp3) is 0.350. The van der Waals surface area contributed by atoms with Gasteiger partial charge in [-0.15, -0.1) is 11.3 Å². The first-order valence-electron chi connectivity index (χ1n) is 8.93. The molecule has 1 amide bonds. The first-order chi connectivity index (χ1) is 13.1. The molecule has 142 valence electrons. The van der Waals surface area contributed by atoms with E-state index in [9.17, 15) is 4.79 Å². The van der Waals surface area contributed by atoms with Crippen LogP contribution in [0.3, 0.4) is 0 Å². The van der Waals surface area contributed by atoms with Crippen molar-refractivity contribution in [2.24, 2.45) is 0 Å². The molecule has 3 aromatic rings. The van der Waals surface area contributed by atoms with Gasteiger partial charge in [0, 0.05) is 22.9 Å². The van der Waals surface area contributed by atoms with Crippen molar-refractivity contribution in [1.29, 1.82) is 0 Å². The molecule has 0 fully saturated rings. The minimum atomic E-state index is -0.359. The van der Waals surface area contributed by atoms with Crippen molar-refractivity contribution in [1.82, 2.24) is 15.3 Å². The zero-order chi connectivity index (χ0) is 19.2. The SMILES string of the molecule is Cc1sc2ncnc(N[C@@H](C)C(=O)NCCSCc3ccccc3)c2c1C. The number of thioether (sulfide) groups is 1. The molecule has 0 aliphatic heterocycles. The van der Waals surface area contributed by atoms with Gasteiger partial charge in [-0.1, -0.05) is 30.3 Å². The van der Waals surface area contributed by atoms with Crippen LogP contribution in [0.2, 0.25) is 0 Å². The second-order valence-corrected chi connectivity index (χ2v) is 8.69. The molecule has 0 aliphatic carbocycles. The van der Waals surface area contributed by atoms with Gasteiger partial charge in [0.1, 0.15) is 23.0 Å².